The third-order valence-electron chi connectivity index (χ3n) is 6.78. The Balaban J connectivity index is 1.59. The third kappa shape index (κ3) is 5.42. The number of rotatable bonds is 2. The first kappa shape index (κ1) is 21.4. The van der Waals surface area contributed by atoms with Crippen LogP contribution in [0.4, 0.5) is 5.69 Å². The molecule has 1 saturated carbocycles. The molecule has 0 N–H and O–H groups in total. The van der Waals surface area contributed by atoms with Gasteiger partial charge in [-0.1, -0.05) is 43.9 Å². The minimum atomic E-state index is 0.0748. The van der Waals surface area contributed by atoms with Crippen molar-refractivity contribution in [2.24, 2.45) is 11.8 Å². The molecule has 2 heterocycles. The van der Waals surface area contributed by atoms with E-state index in [2.05, 4.69) is 17.0 Å². The molecule has 1 saturated heterocycles. The Hall–Kier alpha value is -1.88. The second-order valence-corrected chi connectivity index (χ2v) is 9.16. The number of hydrogen-bond donors (Lipinski definition) is 0. The normalized spacial score (nSPS) is 22.4. The quantitative estimate of drug-likeness (QED) is 0.717. The lowest BCUT2D eigenvalue weighted by Crippen LogP contribution is -2.39. The number of fused-ring (bicyclic) bond motifs is 1. The molecule has 1 aromatic carbocycles. The van der Waals surface area contributed by atoms with E-state index in [4.69, 9.17) is 4.74 Å². The summed E-state index contributed by atoms with van der Waals surface area (Å²) in [5.41, 5.74) is 2.12. The molecule has 2 fully saturated rings. The Kier molecular flexibility index (Phi) is 7.42. The fourth-order valence-corrected chi connectivity index (χ4v) is 4.76. The second kappa shape index (κ2) is 10.4. The van der Waals surface area contributed by atoms with Gasteiger partial charge in [-0.05, 0) is 50.2 Å². The first-order chi connectivity index (χ1) is 14.7. The van der Waals surface area contributed by atoms with Crippen molar-refractivity contribution in [2.75, 3.05) is 31.2 Å². The van der Waals surface area contributed by atoms with Gasteiger partial charge in [-0.3, -0.25) is 9.59 Å². The molecule has 2 amide bonds. The van der Waals surface area contributed by atoms with Crippen LogP contribution < -0.4 is 4.90 Å². The molecule has 1 aliphatic carbocycles. The molecule has 0 radical (unpaired) electrons. The summed E-state index contributed by atoms with van der Waals surface area (Å²) in [5, 5.41) is 0. The lowest BCUT2D eigenvalue weighted by atomic mass is 9.98. The molecule has 1 aromatic rings. The number of hydrogen-bond acceptors (Lipinski definition) is 3. The molecular weight excluding hydrogens is 376 g/mol. The molecule has 30 heavy (non-hydrogen) atoms. The topological polar surface area (TPSA) is 49.9 Å². The maximum absolute atomic E-state index is 13.4. The lowest BCUT2D eigenvalue weighted by Gasteiger charge is -2.31. The Morgan fingerprint density at radius 3 is 2.13 bits per heavy atom. The summed E-state index contributed by atoms with van der Waals surface area (Å²) in [6, 6.07) is 8.24. The van der Waals surface area contributed by atoms with Gasteiger partial charge in [0.15, 0.2) is 0 Å². The summed E-state index contributed by atoms with van der Waals surface area (Å²) in [4.78, 5) is 30.6. The maximum atomic E-state index is 13.4. The minimum absolute atomic E-state index is 0.0748. The van der Waals surface area contributed by atoms with Crippen LogP contribution in [0.15, 0.2) is 24.3 Å². The van der Waals surface area contributed by atoms with Crippen LogP contribution in [0.25, 0.3) is 0 Å². The number of nitrogens with zero attached hydrogens (tertiary/aromatic N) is 2. The van der Waals surface area contributed by atoms with Crippen molar-refractivity contribution in [3.8, 4) is 0 Å². The second-order valence-electron chi connectivity index (χ2n) is 9.16. The molecule has 164 valence electrons. The molecule has 0 spiro atoms. The Labute approximate surface area is 180 Å². The monoisotopic (exact) mass is 412 g/mol. The van der Waals surface area contributed by atoms with Gasteiger partial charge in [-0.25, -0.2) is 0 Å². The van der Waals surface area contributed by atoms with Crippen molar-refractivity contribution in [1.29, 1.82) is 0 Å². The Morgan fingerprint density at radius 2 is 1.40 bits per heavy atom. The minimum Gasteiger partial charge on any atom is -0.381 e. The highest BCUT2D eigenvalue weighted by Gasteiger charge is 2.35. The van der Waals surface area contributed by atoms with Crippen LogP contribution in [0.3, 0.4) is 0 Å². The fraction of sp³-hybridized carbons (Fsp3) is 0.680. The predicted molar refractivity (Wildman–Crippen MR) is 118 cm³/mol. The van der Waals surface area contributed by atoms with Crippen molar-refractivity contribution in [3.05, 3.63) is 29.8 Å². The average Bonchev–Trinajstić information content (AvgIpc) is 3.62. The van der Waals surface area contributed by atoms with Gasteiger partial charge >= 0.3 is 0 Å². The molecular formula is C25H36N2O3. The third-order valence-corrected chi connectivity index (χ3v) is 6.78. The first-order valence-corrected chi connectivity index (χ1v) is 12.0. The molecule has 0 bridgehead atoms. The molecule has 0 unspecified atom stereocenters. The molecule has 0 aromatic heterocycles. The number of carbonyl (C=O) groups is 2. The van der Waals surface area contributed by atoms with E-state index in [-0.39, 0.29) is 23.7 Å². The van der Waals surface area contributed by atoms with E-state index in [0.717, 1.165) is 62.9 Å². The molecule has 5 heteroatoms. The van der Waals surface area contributed by atoms with Gasteiger partial charge < -0.3 is 14.5 Å². The zero-order valence-electron chi connectivity index (χ0n) is 18.2. The van der Waals surface area contributed by atoms with Gasteiger partial charge in [0, 0.05) is 50.4 Å². The van der Waals surface area contributed by atoms with Gasteiger partial charge in [-0.15, -0.1) is 0 Å². The summed E-state index contributed by atoms with van der Waals surface area (Å²) >= 11 is 0. The van der Waals surface area contributed by atoms with Crippen LogP contribution in [0.2, 0.25) is 0 Å². The van der Waals surface area contributed by atoms with Crippen LogP contribution in [0, 0.1) is 11.8 Å². The van der Waals surface area contributed by atoms with Gasteiger partial charge in [0.05, 0.1) is 0 Å². The maximum Gasteiger partial charge on any atom is 0.230 e. The van der Waals surface area contributed by atoms with E-state index in [1.165, 1.54) is 25.7 Å². The summed E-state index contributed by atoms with van der Waals surface area (Å²) in [7, 11) is 0. The van der Waals surface area contributed by atoms with E-state index < -0.39 is 0 Å². The number of ether oxygens (including phenoxy) is 1. The van der Waals surface area contributed by atoms with Crippen molar-refractivity contribution >= 4 is 17.5 Å². The first-order valence-electron chi connectivity index (χ1n) is 12.0. The smallest absolute Gasteiger partial charge is 0.230 e. The van der Waals surface area contributed by atoms with Crippen molar-refractivity contribution in [2.45, 2.75) is 70.8 Å². The van der Waals surface area contributed by atoms with Crippen LogP contribution in [0.5, 0.6) is 0 Å². The molecule has 2 aliphatic heterocycles. The summed E-state index contributed by atoms with van der Waals surface area (Å²) in [5.74, 6) is 0.821. The van der Waals surface area contributed by atoms with Crippen molar-refractivity contribution in [3.63, 3.8) is 0 Å². The lowest BCUT2D eigenvalue weighted by molar-refractivity contribution is -0.139. The molecule has 0 atom stereocenters. The van der Waals surface area contributed by atoms with Crippen molar-refractivity contribution in [1.82, 2.24) is 4.90 Å². The standard InChI is InChI=1S/C25H36N2O3/c28-24(21-13-17-30-18-14-21)26-15-7-3-1-2-4-8-16-27(25(29)20-11-12-20)23-10-6-5-9-22(23)19-26/h5-6,9-10,20-21H,1-4,7-8,11-19H2. The predicted octanol–water partition coefficient (Wildman–Crippen LogP) is 4.54. The molecule has 4 rings (SSSR count). The fourth-order valence-electron chi connectivity index (χ4n) is 4.76. The van der Waals surface area contributed by atoms with Gasteiger partial charge in [0.25, 0.3) is 0 Å². The van der Waals surface area contributed by atoms with Crippen molar-refractivity contribution < 1.29 is 14.3 Å². The highest BCUT2D eigenvalue weighted by molar-refractivity contribution is 5.97. The number of para-hydroxylation sites is 1. The number of carbonyl (C=O) groups excluding carboxylic acids is 2. The Morgan fingerprint density at radius 1 is 0.767 bits per heavy atom. The highest BCUT2D eigenvalue weighted by Crippen LogP contribution is 2.34. The molecule has 5 nitrogen and oxygen atoms in total. The van der Waals surface area contributed by atoms with Gasteiger partial charge in [0.1, 0.15) is 0 Å². The van der Waals surface area contributed by atoms with Crippen LogP contribution in [-0.4, -0.2) is 43.0 Å². The molecule has 3 aliphatic rings. The summed E-state index contributed by atoms with van der Waals surface area (Å²) in [6.45, 7) is 3.57. The zero-order chi connectivity index (χ0) is 20.8. The summed E-state index contributed by atoms with van der Waals surface area (Å²) < 4.78 is 5.47. The Bertz CT molecular complexity index is 725. The average molecular weight is 413 g/mol. The van der Waals surface area contributed by atoms with E-state index in [9.17, 15) is 9.59 Å². The highest BCUT2D eigenvalue weighted by atomic mass is 16.5. The number of amides is 2. The van der Waals surface area contributed by atoms with E-state index >= 15 is 0 Å². The number of anilines is 1. The number of benzene rings is 1. The van der Waals surface area contributed by atoms with Crippen LogP contribution >= 0.6 is 0 Å². The largest absolute Gasteiger partial charge is 0.381 e. The summed E-state index contributed by atoms with van der Waals surface area (Å²) in [6.07, 6.45) is 10.6. The van der Waals surface area contributed by atoms with E-state index in [1.807, 2.05) is 17.0 Å². The van der Waals surface area contributed by atoms with E-state index in [0.29, 0.717) is 19.8 Å². The van der Waals surface area contributed by atoms with Crippen LogP contribution in [-0.2, 0) is 20.9 Å². The van der Waals surface area contributed by atoms with E-state index in [1.54, 1.807) is 0 Å². The van der Waals surface area contributed by atoms with Gasteiger partial charge in [0.2, 0.25) is 11.8 Å². The van der Waals surface area contributed by atoms with Crippen LogP contribution in [0.1, 0.15) is 69.8 Å². The SMILES string of the molecule is O=C(C1CCOCC1)N1CCCCCCCCN(C(=O)C2CC2)c2ccccc2C1. The zero-order valence-corrected chi connectivity index (χ0v) is 18.2. The van der Waals surface area contributed by atoms with Gasteiger partial charge in [-0.2, -0.15) is 0 Å².